The number of benzene rings is 2. The van der Waals surface area contributed by atoms with E-state index < -0.39 is 0 Å². The summed E-state index contributed by atoms with van der Waals surface area (Å²) in [6, 6.07) is 20.6. The largest absolute Gasteiger partial charge is 0.398 e. The third-order valence-electron chi connectivity index (χ3n) is 5.08. The van der Waals surface area contributed by atoms with Crippen LogP contribution in [0.25, 0.3) is 33.9 Å². The van der Waals surface area contributed by atoms with Gasteiger partial charge in [-0.05, 0) is 24.3 Å². The van der Waals surface area contributed by atoms with Gasteiger partial charge in [-0.25, -0.2) is 0 Å². The second-order valence-corrected chi connectivity index (χ2v) is 6.69. The molecule has 5 rings (SSSR count). The first-order chi connectivity index (χ1) is 13.3. The minimum Gasteiger partial charge on any atom is -0.398 e. The summed E-state index contributed by atoms with van der Waals surface area (Å²) in [5, 5.41) is 1.27. The molecule has 4 aromatic rings. The van der Waals surface area contributed by atoms with E-state index in [4.69, 9.17) is 5.73 Å². The minimum atomic E-state index is 0.740. The van der Waals surface area contributed by atoms with E-state index in [2.05, 4.69) is 70.3 Å². The summed E-state index contributed by atoms with van der Waals surface area (Å²) < 4.78 is 2.34. The highest BCUT2D eigenvalue weighted by atomic mass is 15.0. The van der Waals surface area contributed by atoms with Crippen molar-refractivity contribution in [2.75, 3.05) is 5.73 Å². The summed E-state index contributed by atoms with van der Waals surface area (Å²) in [6.45, 7) is 0. The van der Waals surface area contributed by atoms with Crippen molar-refractivity contribution in [3.63, 3.8) is 0 Å². The summed E-state index contributed by atoms with van der Waals surface area (Å²) in [5.41, 5.74) is 13.7. The Morgan fingerprint density at radius 1 is 0.926 bits per heavy atom. The molecule has 27 heavy (non-hydrogen) atoms. The SMILES string of the molecule is Nc1ccccc1-c1cc(-n2c3c(c4ccccc42)C=CC=CC3)ccn1. The molecule has 0 atom stereocenters. The molecule has 0 saturated heterocycles. The van der Waals surface area contributed by atoms with E-state index in [-0.39, 0.29) is 0 Å². The highest BCUT2D eigenvalue weighted by molar-refractivity contribution is 5.93. The lowest BCUT2D eigenvalue weighted by Gasteiger charge is -2.12. The van der Waals surface area contributed by atoms with Gasteiger partial charge in [-0.15, -0.1) is 0 Å². The maximum atomic E-state index is 6.18. The molecule has 1 aliphatic rings. The van der Waals surface area contributed by atoms with Gasteiger partial charge >= 0.3 is 0 Å². The number of nitrogen functional groups attached to an aromatic ring is 1. The minimum absolute atomic E-state index is 0.740. The first-order valence-electron chi connectivity index (χ1n) is 9.10. The molecule has 0 aliphatic heterocycles. The van der Waals surface area contributed by atoms with Crippen molar-refractivity contribution in [1.29, 1.82) is 0 Å². The topological polar surface area (TPSA) is 43.8 Å². The molecule has 2 N–H and O–H groups in total. The van der Waals surface area contributed by atoms with Crippen molar-refractivity contribution in [3.8, 4) is 16.9 Å². The monoisotopic (exact) mass is 349 g/mol. The van der Waals surface area contributed by atoms with Crippen molar-refractivity contribution in [2.45, 2.75) is 6.42 Å². The van der Waals surface area contributed by atoms with Gasteiger partial charge in [-0.3, -0.25) is 4.98 Å². The van der Waals surface area contributed by atoms with Gasteiger partial charge in [-0.2, -0.15) is 0 Å². The van der Waals surface area contributed by atoms with Crippen molar-refractivity contribution in [2.24, 2.45) is 0 Å². The summed E-state index contributed by atoms with van der Waals surface area (Å²) in [7, 11) is 0. The standard InChI is InChI=1S/C24H19N3/c25-21-11-6-4-10-20(21)22-16-17(14-15-26-22)27-23-12-3-1-2-8-18(23)19-9-5-7-13-24(19)27/h1-11,13-16H,12,25H2. The van der Waals surface area contributed by atoms with E-state index in [1.54, 1.807) is 0 Å². The lowest BCUT2D eigenvalue weighted by molar-refractivity contribution is 0.998. The third-order valence-corrected chi connectivity index (χ3v) is 5.08. The van der Waals surface area contributed by atoms with Crippen LogP contribution in [-0.2, 0) is 6.42 Å². The molecule has 0 amide bonds. The number of hydrogen-bond acceptors (Lipinski definition) is 2. The Morgan fingerprint density at radius 2 is 1.78 bits per heavy atom. The van der Waals surface area contributed by atoms with Crippen molar-refractivity contribution >= 4 is 22.7 Å². The van der Waals surface area contributed by atoms with Gasteiger partial charge in [0.15, 0.2) is 0 Å². The second-order valence-electron chi connectivity index (χ2n) is 6.69. The van der Waals surface area contributed by atoms with Gasteiger partial charge < -0.3 is 10.3 Å². The number of para-hydroxylation sites is 2. The van der Waals surface area contributed by atoms with Crippen LogP contribution in [0.4, 0.5) is 5.69 Å². The Labute approximate surface area is 158 Å². The molecule has 130 valence electrons. The highest BCUT2D eigenvalue weighted by Gasteiger charge is 2.17. The normalized spacial score (nSPS) is 12.9. The number of fused-ring (bicyclic) bond motifs is 3. The molecular weight excluding hydrogens is 330 g/mol. The van der Waals surface area contributed by atoms with Crippen molar-refractivity contribution < 1.29 is 0 Å². The molecular formula is C24H19N3. The van der Waals surface area contributed by atoms with E-state index in [0.717, 1.165) is 29.1 Å². The van der Waals surface area contributed by atoms with Crippen LogP contribution < -0.4 is 5.73 Å². The molecule has 1 aliphatic carbocycles. The van der Waals surface area contributed by atoms with Gasteiger partial charge in [0.05, 0.1) is 11.2 Å². The first-order valence-corrected chi connectivity index (χ1v) is 9.10. The molecule has 0 spiro atoms. The Kier molecular flexibility index (Phi) is 3.65. The molecule has 3 heteroatoms. The van der Waals surface area contributed by atoms with Gasteiger partial charge in [0.1, 0.15) is 0 Å². The molecule has 2 aromatic carbocycles. The van der Waals surface area contributed by atoms with E-state index >= 15 is 0 Å². The molecule has 0 bridgehead atoms. The number of pyridine rings is 1. The van der Waals surface area contributed by atoms with E-state index in [9.17, 15) is 0 Å². The first kappa shape index (κ1) is 15.6. The predicted molar refractivity (Wildman–Crippen MR) is 113 cm³/mol. The average Bonchev–Trinajstić information content (AvgIpc) is 2.84. The van der Waals surface area contributed by atoms with Crippen LogP contribution in [0.5, 0.6) is 0 Å². The van der Waals surface area contributed by atoms with Gasteiger partial charge in [0, 0.05) is 46.2 Å². The highest BCUT2D eigenvalue weighted by Crippen LogP contribution is 2.33. The molecule has 2 heterocycles. The van der Waals surface area contributed by atoms with Crippen LogP contribution >= 0.6 is 0 Å². The second kappa shape index (κ2) is 6.29. The summed E-state index contributed by atoms with van der Waals surface area (Å²) in [5.74, 6) is 0. The number of nitrogens with two attached hydrogens (primary N) is 1. The molecule has 0 unspecified atom stereocenters. The van der Waals surface area contributed by atoms with Crippen LogP contribution in [0, 0.1) is 0 Å². The number of allylic oxidation sites excluding steroid dienone is 3. The fourth-order valence-corrected chi connectivity index (χ4v) is 3.85. The third kappa shape index (κ3) is 2.56. The molecule has 0 radical (unpaired) electrons. The molecule has 3 nitrogen and oxygen atoms in total. The zero-order chi connectivity index (χ0) is 18.2. The smallest absolute Gasteiger partial charge is 0.0743 e. The quantitative estimate of drug-likeness (QED) is 0.492. The molecule has 2 aromatic heterocycles. The number of anilines is 1. The fourth-order valence-electron chi connectivity index (χ4n) is 3.85. The Hall–Kier alpha value is -3.59. The Bertz CT molecular complexity index is 1210. The van der Waals surface area contributed by atoms with E-state index in [0.29, 0.717) is 0 Å². The van der Waals surface area contributed by atoms with Crippen LogP contribution in [0.15, 0.2) is 85.1 Å². The van der Waals surface area contributed by atoms with Crippen LogP contribution in [-0.4, -0.2) is 9.55 Å². The Morgan fingerprint density at radius 3 is 2.70 bits per heavy atom. The number of nitrogens with zero attached hydrogens (tertiary/aromatic N) is 2. The van der Waals surface area contributed by atoms with Gasteiger partial charge in [0.25, 0.3) is 0 Å². The number of rotatable bonds is 2. The number of hydrogen-bond donors (Lipinski definition) is 1. The maximum absolute atomic E-state index is 6.18. The van der Waals surface area contributed by atoms with Crippen LogP contribution in [0.2, 0.25) is 0 Å². The lowest BCUT2D eigenvalue weighted by atomic mass is 10.1. The summed E-state index contributed by atoms with van der Waals surface area (Å²) >= 11 is 0. The summed E-state index contributed by atoms with van der Waals surface area (Å²) in [6.07, 6.45) is 11.4. The van der Waals surface area contributed by atoms with E-state index in [1.807, 2.05) is 30.5 Å². The van der Waals surface area contributed by atoms with Crippen LogP contribution in [0.3, 0.4) is 0 Å². The van der Waals surface area contributed by atoms with Crippen molar-refractivity contribution in [3.05, 3.63) is 96.3 Å². The molecule has 0 fully saturated rings. The Balaban J connectivity index is 1.77. The van der Waals surface area contributed by atoms with Gasteiger partial charge in [-0.1, -0.05) is 60.7 Å². The molecule has 0 saturated carbocycles. The zero-order valence-electron chi connectivity index (χ0n) is 14.8. The summed E-state index contributed by atoms with van der Waals surface area (Å²) in [4.78, 5) is 4.57. The fraction of sp³-hybridized carbons (Fsp3) is 0.0417. The van der Waals surface area contributed by atoms with Gasteiger partial charge in [0.2, 0.25) is 0 Å². The van der Waals surface area contributed by atoms with Crippen LogP contribution in [0.1, 0.15) is 11.3 Å². The zero-order valence-corrected chi connectivity index (χ0v) is 14.8. The number of aromatic nitrogens is 2. The van der Waals surface area contributed by atoms with E-state index in [1.165, 1.54) is 22.2 Å². The average molecular weight is 349 g/mol. The van der Waals surface area contributed by atoms with Crippen molar-refractivity contribution in [1.82, 2.24) is 9.55 Å². The lowest BCUT2D eigenvalue weighted by Crippen LogP contribution is -2.01. The predicted octanol–water partition coefficient (Wildman–Crippen LogP) is 5.40. The maximum Gasteiger partial charge on any atom is 0.0743 e.